The third-order valence-electron chi connectivity index (χ3n) is 1.60. The summed E-state index contributed by atoms with van der Waals surface area (Å²) in [5, 5.41) is 18.5. The second-order valence-electron chi connectivity index (χ2n) is 2.62. The van der Waals surface area contributed by atoms with Crippen LogP contribution in [0.1, 0.15) is 18.5 Å². The zero-order valence-corrected chi connectivity index (χ0v) is 8.17. The summed E-state index contributed by atoms with van der Waals surface area (Å²) < 4.78 is 0.702. The second-order valence-corrected chi connectivity index (χ2v) is 3.47. The summed E-state index contributed by atoms with van der Waals surface area (Å²) in [6.45, 7) is 1.74. The standard InChI is InChI=1S/C8H10BrNO2/c1-4(10)7-5(9)2-3-6(11)8(7)12/h2-4,11-12H,10H2,1H3. The maximum atomic E-state index is 9.39. The number of hydrogen-bond donors (Lipinski definition) is 3. The van der Waals surface area contributed by atoms with E-state index in [2.05, 4.69) is 15.9 Å². The molecule has 1 unspecified atom stereocenters. The summed E-state index contributed by atoms with van der Waals surface area (Å²) >= 11 is 3.23. The van der Waals surface area contributed by atoms with Crippen LogP contribution in [0.4, 0.5) is 0 Å². The Kier molecular flexibility index (Phi) is 2.59. The molecule has 1 atom stereocenters. The quantitative estimate of drug-likeness (QED) is 0.647. The van der Waals surface area contributed by atoms with E-state index in [1.807, 2.05) is 0 Å². The van der Waals surface area contributed by atoms with Gasteiger partial charge in [-0.15, -0.1) is 0 Å². The van der Waals surface area contributed by atoms with Gasteiger partial charge in [0, 0.05) is 16.1 Å². The average Bonchev–Trinajstić information content (AvgIpc) is 1.97. The van der Waals surface area contributed by atoms with Crippen molar-refractivity contribution >= 4 is 15.9 Å². The van der Waals surface area contributed by atoms with Crippen molar-refractivity contribution in [2.24, 2.45) is 5.73 Å². The zero-order chi connectivity index (χ0) is 9.30. The lowest BCUT2D eigenvalue weighted by atomic mass is 10.1. The minimum absolute atomic E-state index is 0.148. The van der Waals surface area contributed by atoms with Crippen molar-refractivity contribution in [2.45, 2.75) is 13.0 Å². The van der Waals surface area contributed by atoms with Crippen molar-refractivity contribution in [3.8, 4) is 11.5 Å². The molecule has 12 heavy (non-hydrogen) atoms. The van der Waals surface area contributed by atoms with E-state index in [1.54, 1.807) is 13.0 Å². The summed E-state index contributed by atoms with van der Waals surface area (Å²) in [7, 11) is 0. The molecule has 0 aromatic heterocycles. The van der Waals surface area contributed by atoms with Crippen LogP contribution >= 0.6 is 15.9 Å². The van der Waals surface area contributed by atoms with Crippen molar-refractivity contribution in [1.82, 2.24) is 0 Å². The Morgan fingerprint density at radius 3 is 2.42 bits per heavy atom. The molecule has 66 valence electrons. The SMILES string of the molecule is CC(N)c1c(Br)ccc(O)c1O. The molecule has 0 amide bonds. The number of halogens is 1. The number of aromatic hydroxyl groups is 2. The number of phenolic OH excluding ortho intramolecular Hbond substituents is 2. The van der Waals surface area contributed by atoms with Crippen LogP contribution in [0.2, 0.25) is 0 Å². The Morgan fingerprint density at radius 1 is 1.42 bits per heavy atom. The minimum atomic E-state index is -0.313. The second kappa shape index (κ2) is 3.33. The highest BCUT2D eigenvalue weighted by molar-refractivity contribution is 9.10. The molecule has 0 aliphatic carbocycles. The Hall–Kier alpha value is -0.740. The van der Waals surface area contributed by atoms with E-state index in [1.165, 1.54) is 6.07 Å². The molecule has 0 spiro atoms. The highest BCUT2D eigenvalue weighted by Gasteiger charge is 2.13. The van der Waals surface area contributed by atoms with Crippen LogP contribution in [-0.4, -0.2) is 10.2 Å². The van der Waals surface area contributed by atoms with Gasteiger partial charge in [0.15, 0.2) is 11.5 Å². The van der Waals surface area contributed by atoms with Crippen molar-refractivity contribution in [3.63, 3.8) is 0 Å². The van der Waals surface area contributed by atoms with Crippen molar-refractivity contribution in [3.05, 3.63) is 22.2 Å². The molecule has 0 aliphatic rings. The van der Waals surface area contributed by atoms with Crippen LogP contribution in [-0.2, 0) is 0 Å². The van der Waals surface area contributed by atoms with E-state index in [4.69, 9.17) is 10.8 Å². The molecule has 0 radical (unpaired) electrons. The molecule has 0 aliphatic heterocycles. The highest BCUT2D eigenvalue weighted by atomic mass is 79.9. The lowest BCUT2D eigenvalue weighted by Crippen LogP contribution is -2.05. The zero-order valence-electron chi connectivity index (χ0n) is 6.58. The third kappa shape index (κ3) is 1.54. The van der Waals surface area contributed by atoms with Gasteiger partial charge < -0.3 is 15.9 Å². The van der Waals surface area contributed by atoms with Crippen molar-refractivity contribution < 1.29 is 10.2 Å². The summed E-state index contributed by atoms with van der Waals surface area (Å²) in [6.07, 6.45) is 0. The first-order chi connectivity index (χ1) is 5.54. The Morgan fingerprint density at radius 2 is 2.00 bits per heavy atom. The van der Waals surface area contributed by atoms with E-state index < -0.39 is 0 Å². The molecule has 0 bridgehead atoms. The van der Waals surface area contributed by atoms with E-state index in [-0.39, 0.29) is 17.5 Å². The number of benzene rings is 1. The fraction of sp³-hybridized carbons (Fsp3) is 0.250. The van der Waals surface area contributed by atoms with Gasteiger partial charge >= 0.3 is 0 Å². The Bertz CT molecular complexity index is 299. The van der Waals surface area contributed by atoms with Gasteiger partial charge in [-0.2, -0.15) is 0 Å². The van der Waals surface area contributed by atoms with Crippen molar-refractivity contribution in [1.29, 1.82) is 0 Å². The molecule has 0 saturated heterocycles. The molecule has 4 N–H and O–H groups in total. The molecule has 3 nitrogen and oxygen atoms in total. The van der Waals surface area contributed by atoms with Gasteiger partial charge in [-0.25, -0.2) is 0 Å². The van der Waals surface area contributed by atoms with Crippen LogP contribution in [0.15, 0.2) is 16.6 Å². The van der Waals surface area contributed by atoms with E-state index in [0.717, 1.165) is 0 Å². The number of nitrogens with two attached hydrogens (primary N) is 1. The van der Waals surface area contributed by atoms with E-state index in [0.29, 0.717) is 10.0 Å². The van der Waals surface area contributed by atoms with Crippen LogP contribution in [0.3, 0.4) is 0 Å². The predicted octanol–water partition coefficient (Wildman–Crippen LogP) is 1.88. The first-order valence-corrected chi connectivity index (χ1v) is 4.29. The summed E-state index contributed by atoms with van der Waals surface area (Å²) in [5.74, 6) is -0.301. The van der Waals surface area contributed by atoms with Gasteiger partial charge in [0.25, 0.3) is 0 Å². The van der Waals surface area contributed by atoms with Gasteiger partial charge in [-0.3, -0.25) is 0 Å². The molecular formula is C8H10BrNO2. The van der Waals surface area contributed by atoms with Gasteiger partial charge in [0.2, 0.25) is 0 Å². The number of phenols is 2. The van der Waals surface area contributed by atoms with Crippen molar-refractivity contribution in [2.75, 3.05) is 0 Å². The van der Waals surface area contributed by atoms with Crippen LogP contribution < -0.4 is 5.73 Å². The maximum Gasteiger partial charge on any atom is 0.163 e. The van der Waals surface area contributed by atoms with Gasteiger partial charge in [-0.1, -0.05) is 15.9 Å². The van der Waals surface area contributed by atoms with E-state index in [9.17, 15) is 5.11 Å². The molecule has 0 fully saturated rings. The van der Waals surface area contributed by atoms with E-state index >= 15 is 0 Å². The molecule has 0 heterocycles. The molecule has 1 aromatic rings. The third-order valence-corrected chi connectivity index (χ3v) is 2.29. The maximum absolute atomic E-state index is 9.39. The van der Waals surface area contributed by atoms with Crippen LogP contribution in [0, 0.1) is 0 Å². The summed E-state index contributed by atoms with van der Waals surface area (Å²) in [5.41, 5.74) is 6.11. The first-order valence-electron chi connectivity index (χ1n) is 3.50. The summed E-state index contributed by atoms with van der Waals surface area (Å²) in [4.78, 5) is 0. The Balaban J connectivity index is 3.33. The molecule has 4 heteroatoms. The lowest BCUT2D eigenvalue weighted by Gasteiger charge is -2.11. The minimum Gasteiger partial charge on any atom is -0.504 e. The summed E-state index contributed by atoms with van der Waals surface area (Å²) in [6, 6.07) is 2.74. The lowest BCUT2D eigenvalue weighted by molar-refractivity contribution is 0.396. The molecule has 0 saturated carbocycles. The van der Waals surface area contributed by atoms with Crippen LogP contribution in [0.25, 0.3) is 0 Å². The van der Waals surface area contributed by atoms with Gasteiger partial charge in [0.05, 0.1) is 0 Å². The largest absolute Gasteiger partial charge is 0.504 e. The fourth-order valence-electron chi connectivity index (χ4n) is 1.01. The molecule has 1 rings (SSSR count). The van der Waals surface area contributed by atoms with Gasteiger partial charge in [0.1, 0.15) is 0 Å². The number of hydrogen-bond acceptors (Lipinski definition) is 3. The fourth-order valence-corrected chi connectivity index (χ4v) is 1.69. The topological polar surface area (TPSA) is 66.5 Å². The normalized spacial score (nSPS) is 12.9. The van der Waals surface area contributed by atoms with Gasteiger partial charge in [-0.05, 0) is 19.1 Å². The first kappa shape index (κ1) is 9.35. The molecule has 1 aromatic carbocycles. The Labute approximate surface area is 79.0 Å². The molecular weight excluding hydrogens is 222 g/mol. The number of rotatable bonds is 1. The monoisotopic (exact) mass is 231 g/mol. The predicted molar refractivity (Wildman–Crippen MR) is 50.1 cm³/mol. The van der Waals surface area contributed by atoms with Crippen LogP contribution in [0.5, 0.6) is 11.5 Å². The smallest absolute Gasteiger partial charge is 0.163 e. The average molecular weight is 232 g/mol. The highest BCUT2D eigenvalue weighted by Crippen LogP contribution is 2.37.